The number of halogens is 1. The highest BCUT2D eigenvalue weighted by Crippen LogP contribution is 2.27. The smallest absolute Gasteiger partial charge is 0.303 e. The molecule has 0 aliphatic carbocycles. The van der Waals surface area contributed by atoms with Crippen LogP contribution in [-0.2, 0) is 11.3 Å². The van der Waals surface area contributed by atoms with Crippen molar-refractivity contribution in [3.63, 3.8) is 0 Å². The van der Waals surface area contributed by atoms with E-state index in [0.717, 1.165) is 32.5 Å². The van der Waals surface area contributed by atoms with E-state index >= 15 is 0 Å². The third-order valence-electron chi connectivity index (χ3n) is 3.23. The minimum Gasteiger partial charge on any atom is -0.481 e. The molecule has 0 saturated carbocycles. The van der Waals surface area contributed by atoms with Gasteiger partial charge in [0.05, 0.1) is 0 Å². The van der Waals surface area contributed by atoms with Crippen molar-refractivity contribution in [1.82, 2.24) is 4.90 Å². The van der Waals surface area contributed by atoms with Crippen molar-refractivity contribution in [2.75, 3.05) is 13.1 Å². The first-order valence-electron chi connectivity index (χ1n) is 5.81. The molecule has 0 amide bonds. The second-order valence-electron chi connectivity index (χ2n) is 4.51. The molecular formula is C12H16BrNO2S. The number of carboxylic acid groups (broad SMARTS) is 1. The van der Waals surface area contributed by atoms with Crippen LogP contribution in [0, 0.1) is 5.92 Å². The molecule has 0 bridgehead atoms. The molecule has 0 radical (unpaired) electrons. The van der Waals surface area contributed by atoms with Crippen molar-refractivity contribution < 1.29 is 9.90 Å². The average molecular weight is 318 g/mol. The number of hydrogen-bond donors (Lipinski definition) is 1. The van der Waals surface area contributed by atoms with E-state index in [0.29, 0.717) is 12.3 Å². The minimum absolute atomic E-state index is 0.330. The Bertz CT molecular complexity index is 386. The fraction of sp³-hybridized carbons (Fsp3) is 0.583. The molecule has 1 saturated heterocycles. The monoisotopic (exact) mass is 317 g/mol. The maximum absolute atomic E-state index is 10.6. The zero-order chi connectivity index (χ0) is 12.3. The number of aliphatic carboxylic acids is 1. The van der Waals surface area contributed by atoms with Gasteiger partial charge in [0.1, 0.15) is 0 Å². The first-order valence-corrected chi connectivity index (χ1v) is 7.48. The van der Waals surface area contributed by atoms with E-state index in [1.807, 2.05) is 0 Å². The second-order valence-corrected chi connectivity index (χ2v) is 6.36. The van der Waals surface area contributed by atoms with Gasteiger partial charge in [-0.25, -0.2) is 0 Å². The van der Waals surface area contributed by atoms with Crippen LogP contribution in [0.5, 0.6) is 0 Å². The van der Waals surface area contributed by atoms with E-state index in [1.54, 1.807) is 11.3 Å². The van der Waals surface area contributed by atoms with Crippen molar-refractivity contribution >= 4 is 33.2 Å². The Balaban J connectivity index is 1.79. The molecule has 5 heteroatoms. The lowest BCUT2D eigenvalue weighted by atomic mass is 9.94. The van der Waals surface area contributed by atoms with Crippen LogP contribution in [0.15, 0.2) is 15.9 Å². The van der Waals surface area contributed by atoms with Crippen molar-refractivity contribution in [1.29, 1.82) is 0 Å². The molecule has 0 atom stereocenters. The highest BCUT2D eigenvalue weighted by atomic mass is 79.9. The maximum atomic E-state index is 10.6. The molecule has 1 aliphatic heterocycles. The van der Waals surface area contributed by atoms with Crippen molar-refractivity contribution in [2.45, 2.75) is 25.8 Å². The van der Waals surface area contributed by atoms with Crippen molar-refractivity contribution in [2.24, 2.45) is 5.92 Å². The molecule has 0 unspecified atom stereocenters. The Morgan fingerprint density at radius 3 is 2.76 bits per heavy atom. The van der Waals surface area contributed by atoms with Gasteiger partial charge in [-0.05, 0) is 59.2 Å². The summed E-state index contributed by atoms with van der Waals surface area (Å²) in [5, 5.41) is 10.9. The van der Waals surface area contributed by atoms with Gasteiger partial charge in [-0.1, -0.05) is 0 Å². The Labute approximate surface area is 114 Å². The predicted octanol–water partition coefficient (Wildman–Crippen LogP) is 3.20. The number of carboxylic acids is 1. The predicted molar refractivity (Wildman–Crippen MR) is 72.3 cm³/mol. The fourth-order valence-electron chi connectivity index (χ4n) is 2.24. The molecule has 2 heterocycles. The Hall–Kier alpha value is -0.390. The molecule has 1 aromatic heterocycles. The molecular weight excluding hydrogens is 302 g/mol. The molecule has 1 N–H and O–H groups in total. The van der Waals surface area contributed by atoms with E-state index in [4.69, 9.17) is 5.11 Å². The van der Waals surface area contributed by atoms with Crippen LogP contribution in [0.4, 0.5) is 0 Å². The van der Waals surface area contributed by atoms with Gasteiger partial charge in [0.25, 0.3) is 0 Å². The fourth-order valence-corrected chi connectivity index (χ4v) is 3.76. The number of likely N-dealkylation sites (tertiary alicyclic amines) is 1. The van der Waals surface area contributed by atoms with Crippen LogP contribution in [0.3, 0.4) is 0 Å². The van der Waals surface area contributed by atoms with Crippen molar-refractivity contribution in [3.8, 4) is 0 Å². The highest BCUT2D eigenvalue weighted by Gasteiger charge is 2.21. The van der Waals surface area contributed by atoms with Gasteiger partial charge in [0.2, 0.25) is 0 Å². The van der Waals surface area contributed by atoms with E-state index < -0.39 is 5.97 Å². The number of hydrogen-bond acceptors (Lipinski definition) is 3. The van der Waals surface area contributed by atoms with Crippen LogP contribution in [-0.4, -0.2) is 29.1 Å². The topological polar surface area (TPSA) is 40.5 Å². The van der Waals surface area contributed by atoms with Crippen LogP contribution >= 0.6 is 27.3 Å². The highest BCUT2D eigenvalue weighted by molar-refractivity contribution is 9.10. The van der Waals surface area contributed by atoms with Gasteiger partial charge in [-0.3, -0.25) is 9.69 Å². The standard InChI is InChI=1S/C12H16BrNO2S/c13-10-3-6-17-11(10)8-14-4-1-9(2-5-14)7-12(15)16/h3,6,9H,1-2,4-5,7-8H2,(H,15,16). The number of rotatable bonds is 4. The Kier molecular flexibility index (Phi) is 4.59. The van der Waals surface area contributed by atoms with Crippen LogP contribution in [0.2, 0.25) is 0 Å². The first-order chi connectivity index (χ1) is 8.15. The Morgan fingerprint density at radius 2 is 2.24 bits per heavy atom. The van der Waals surface area contributed by atoms with Crippen LogP contribution in [0.25, 0.3) is 0 Å². The summed E-state index contributed by atoms with van der Waals surface area (Å²) in [6.45, 7) is 3.02. The summed E-state index contributed by atoms with van der Waals surface area (Å²) in [5.74, 6) is -0.292. The van der Waals surface area contributed by atoms with Gasteiger partial charge in [0, 0.05) is 22.3 Å². The second kappa shape index (κ2) is 5.98. The molecule has 2 rings (SSSR count). The first kappa shape index (κ1) is 13.1. The number of nitrogens with zero attached hydrogens (tertiary/aromatic N) is 1. The van der Waals surface area contributed by atoms with Gasteiger partial charge in [-0.2, -0.15) is 0 Å². The number of thiophene rings is 1. The molecule has 94 valence electrons. The average Bonchev–Trinajstić information content (AvgIpc) is 2.67. The summed E-state index contributed by atoms with van der Waals surface area (Å²) in [7, 11) is 0. The van der Waals surface area contributed by atoms with Gasteiger partial charge in [-0.15, -0.1) is 11.3 Å². The third-order valence-corrected chi connectivity index (χ3v) is 5.14. The summed E-state index contributed by atoms with van der Waals surface area (Å²) in [6.07, 6.45) is 2.35. The zero-order valence-corrected chi connectivity index (χ0v) is 12.0. The minimum atomic E-state index is -0.663. The zero-order valence-electron chi connectivity index (χ0n) is 9.56. The van der Waals surface area contributed by atoms with E-state index in [1.165, 1.54) is 9.35 Å². The summed E-state index contributed by atoms with van der Waals surface area (Å²) < 4.78 is 1.19. The summed E-state index contributed by atoms with van der Waals surface area (Å²) in [6, 6.07) is 2.08. The molecule has 1 fully saturated rings. The van der Waals surface area contributed by atoms with E-state index in [-0.39, 0.29) is 0 Å². The van der Waals surface area contributed by atoms with E-state index in [9.17, 15) is 4.79 Å². The lowest BCUT2D eigenvalue weighted by Gasteiger charge is -2.31. The number of piperidine rings is 1. The summed E-state index contributed by atoms with van der Waals surface area (Å²) in [4.78, 5) is 14.4. The molecule has 1 aromatic rings. The largest absolute Gasteiger partial charge is 0.481 e. The van der Waals surface area contributed by atoms with Gasteiger partial charge >= 0.3 is 5.97 Å². The maximum Gasteiger partial charge on any atom is 0.303 e. The summed E-state index contributed by atoms with van der Waals surface area (Å²) in [5.41, 5.74) is 0. The lowest BCUT2D eigenvalue weighted by Crippen LogP contribution is -2.33. The Morgan fingerprint density at radius 1 is 1.53 bits per heavy atom. The number of carbonyl (C=O) groups is 1. The molecule has 17 heavy (non-hydrogen) atoms. The van der Waals surface area contributed by atoms with Crippen LogP contribution < -0.4 is 0 Å². The van der Waals surface area contributed by atoms with Gasteiger partial charge in [0.15, 0.2) is 0 Å². The summed E-state index contributed by atoms with van der Waals surface area (Å²) >= 11 is 5.32. The van der Waals surface area contributed by atoms with Crippen molar-refractivity contribution in [3.05, 3.63) is 20.8 Å². The molecule has 1 aliphatic rings. The van der Waals surface area contributed by atoms with Crippen LogP contribution in [0.1, 0.15) is 24.1 Å². The van der Waals surface area contributed by atoms with Gasteiger partial charge < -0.3 is 5.11 Å². The molecule has 3 nitrogen and oxygen atoms in total. The quantitative estimate of drug-likeness (QED) is 0.927. The third kappa shape index (κ3) is 3.79. The van der Waals surface area contributed by atoms with E-state index in [2.05, 4.69) is 32.3 Å². The SMILES string of the molecule is O=C(O)CC1CCN(Cc2sccc2Br)CC1. The molecule has 0 spiro atoms. The lowest BCUT2D eigenvalue weighted by molar-refractivity contribution is -0.138. The normalized spacial score (nSPS) is 18.4. The molecule has 0 aromatic carbocycles.